The maximum absolute atomic E-state index is 12.4. The molecule has 3 aromatic rings. The van der Waals surface area contributed by atoms with Crippen LogP contribution in [0.15, 0.2) is 42.5 Å². The Hall–Kier alpha value is -3.39. The quantitative estimate of drug-likeness (QED) is 0.461. The third kappa shape index (κ3) is 4.91. The van der Waals surface area contributed by atoms with Crippen molar-refractivity contribution in [1.82, 2.24) is 9.78 Å². The molecule has 0 atom stereocenters. The van der Waals surface area contributed by atoms with Crippen molar-refractivity contribution in [2.75, 3.05) is 5.32 Å². The minimum absolute atomic E-state index is 0.0733. The summed E-state index contributed by atoms with van der Waals surface area (Å²) in [6.45, 7) is 5.35. The van der Waals surface area contributed by atoms with Gasteiger partial charge in [-0.2, -0.15) is 5.10 Å². The molecule has 0 saturated heterocycles. The van der Waals surface area contributed by atoms with Crippen LogP contribution in [0, 0.1) is 30.9 Å². The van der Waals surface area contributed by atoms with E-state index in [4.69, 9.17) is 16.3 Å². The van der Waals surface area contributed by atoms with Gasteiger partial charge in [-0.3, -0.25) is 19.6 Å². The number of nitrogens with zero attached hydrogens (tertiary/aromatic N) is 3. The smallest absolute Gasteiger partial charge is 0.275 e. The van der Waals surface area contributed by atoms with Crippen LogP contribution < -0.4 is 10.1 Å². The SMILES string of the molecule is Cc1cccc(Oc2cc(NC(=O)Cn3nc(C)c(Cl)c3C)cc([N+](=O)[O-])c2)c1. The number of nitro groups is 1. The van der Waals surface area contributed by atoms with Crippen LogP contribution in [-0.2, 0) is 11.3 Å². The first-order chi connectivity index (χ1) is 13.7. The molecule has 0 fully saturated rings. The van der Waals surface area contributed by atoms with Crippen LogP contribution in [0.25, 0.3) is 0 Å². The van der Waals surface area contributed by atoms with Crippen molar-refractivity contribution in [3.05, 3.63) is 74.6 Å². The standard InChI is InChI=1S/C20H19ClN4O4/c1-12-5-4-6-17(7-12)29-18-9-15(8-16(10-18)25(27)28)22-19(26)11-24-14(3)20(21)13(2)23-24/h4-10H,11H2,1-3H3,(H,22,26). The molecule has 1 heterocycles. The normalized spacial score (nSPS) is 10.6. The van der Waals surface area contributed by atoms with Crippen LogP contribution in [0.3, 0.4) is 0 Å². The number of benzene rings is 2. The van der Waals surface area contributed by atoms with Crippen molar-refractivity contribution in [3.8, 4) is 11.5 Å². The number of nitrogens with one attached hydrogen (secondary N) is 1. The third-order valence-electron chi connectivity index (χ3n) is 4.20. The number of nitro benzene ring substituents is 1. The van der Waals surface area contributed by atoms with Gasteiger partial charge in [0, 0.05) is 12.1 Å². The Bertz CT molecular complexity index is 1090. The summed E-state index contributed by atoms with van der Waals surface area (Å²) >= 11 is 6.10. The molecule has 150 valence electrons. The zero-order valence-electron chi connectivity index (χ0n) is 16.1. The highest BCUT2D eigenvalue weighted by Gasteiger charge is 2.15. The average molecular weight is 415 g/mol. The number of rotatable bonds is 6. The van der Waals surface area contributed by atoms with Gasteiger partial charge >= 0.3 is 0 Å². The van der Waals surface area contributed by atoms with Gasteiger partial charge in [-0.1, -0.05) is 23.7 Å². The Labute approximate surface area is 172 Å². The molecule has 1 aromatic heterocycles. The van der Waals surface area contributed by atoms with E-state index >= 15 is 0 Å². The first-order valence-electron chi connectivity index (χ1n) is 8.76. The fourth-order valence-electron chi connectivity index (χ4n) is 2.80. The number of hydrogen-bond acceptors (Lipinski definition) is 5. The molecular formula is C20H19ClN4O4. The zero-order valence-corrected chi connectivity index (χ0v) is 16.9. The molecule has 0 radical (unpaired) electrons. The molecular weight excluding hydrogens is 396 g/mol. The molecule has 0 aliphatic rings. The Balaban J connectivity index is 1.82. The summed E-state index contributed by atoms with van der Waals surface area (Å²) in [6.07, 6.45) is 0. The number of non-ortho nitro benzene ring substituents is 1. The summed E-state index contributed by atoms with van der Waals surface area (Å²) in [6, 6.07) is 11.4. The molecule has 0 unspecified atom stereocenters. The second-order valence-corrected chi connectivity index (χ2v) is 6.96. The monoisotopic (exact) mass is 414 g/mol. The van der Waals surface area contributed by atoms with Crippen LogP contribution in [0.5, 0.6) is 11.5 Å². The number of carbonyl (C=O) groups is 1. The van der Waals surface area contributed by atoms with E-state index in [0.717, 1.165) is 5.56 Å². The van der Waals surface area contributed by atoms with Gasteiger partial charge in [0.2, 0.25) is 5.91 Å². The predicted octanol–water partition coefficient (Wildman–Crippen LogP) is 4.80. The van der Waals surface area contributed by atoms with Gasteiger partial charge < -0.3 is 10.1 Å². The van der Waals surface area contributed by atoms with Gasteiger partial charge in [0.1, 0.15) is 18.0 Å². The molecule has 3 rings (SSSR count). The maximum atomic E-state index is 12.4. The number of carbonyl (C=O) groups excluding carboxylic acids is 1. The summed E-state index contributed by atoms with van der Waals surface area (Å²) in [5.74, 6) is 0.392. The molecule has 8 nitrogen and oxygen atoms in total. The van der Waals surface area contributed by atoms with E-state index in [9.17, 15) is 14.9 Å². The number of halogens is 1. The highest BCUT2D eigenvalue weighted by Crippen LogP contribution is 2.30. The van der Waals surface area contributed by atoms with Crippen LogP contribution in [0.2, 0.25) is 5.02 Å². The average Bonchev–Trinajstić information content (AvgIpc) is 2.88. The number of hydrogen-bond donors (Lipinski definition) is 1. The van der Waals surface area contributed by atoms with E-state index in [1.165, 1.54) is 22.9 Å². The summed E-state index contributed by atoms with van der Waals surface area (Å²) in [5, 5.41) is 18.6. The molecule has 0 aliphatic heterocycles. The highest BCUT2D eigenvalue weighted by molar-refractivity contribution is 6.31. The van der Waals surface area contributed by atoms with Crippen LogP contribution >= 0.6 is 11.6 Å². The van der Waals surface area contributed by atoms with E-state index in [0.29, 0.717) is 22.2 Å². The molecule has 29 heavy (non-hydrogen) atoms. The number of anilines is 1. The Morgan fingerprint density at radius 2 is 1.97 bits per heavy atom. The van der Waals surface area contributed by atoms with Crippen LogP contribution in [-0.4, -0.2) is 20.6 Å². The predicted molar refractivity (Wildman–Crippen MR) is 110 cm³/mol. The molecule has 2 aromatic carbocycles. The lowest BCUT2D eigenvalue weighted by Crippen LogP contribution is -2.20. The molecule has 9 heteroatoms. The summed E-state index contributed by atoms with van der Waals surface area (Å²) < 4.78 is 7.22. The highest BCUT2D eigenvalue weighted by atomic mass is 35.5. The minimum Gasteiger partial charge on any atom is -0.457 e. The van der Waals surface area contributed by atoms with Gasteiger partial charge in [-0.15, -0.1) is 0 Å². The summed E-state index contributed by atoms with van der Waals surface area (Å²) in [7, 11) is 0. The largest absolute Gasteiger partial charge is 0.457 e. The van der Waals surface area contributed by atoms with Gasteiger partial charge in [-0.05, 0) is 38.5 Å². The van der Waals surface area contributed by atoms with E-state index in [-0.39, 0.29) is 23.7 Å². The lowest BCUT2D eigenvalue weighted by atomic mass is 10.2. The van der Waals surface area contributed by atoms with Gasteiger partial charge in [0.05, 0.1) is 33.1 Å². The first-order valence-corrected chi connectivity index (χ1v) is 9.14. The summed E-state index contributed by atoms with van der Waals surface area (Å²) in [4.78, 5) is 23.2. The van der Waals surface area contributed by atoms with Crippen molar-refractivity contribution < 1.29 is 14.5 Å². The van der Waals surface area contributed by atoms with Crippen LogP contribution in [0.4, 0.5) is 11.4 Å². The molecule has 0 bridgehead atoms. The third-order valence-corrected chi connectivity index (χ3v) is 4.74. The zero-order chi connectivity index (χ0) is 21.1. The Morgan fingerprint density at radius 3 is 2.59 bits per heavy atom. The van der Waals surface area contributed by atoms with Gasteiger partial charge in [0.15, 0.2) is 0 Å². The van der Waals surface area contributed by atoms with Crippen molar-refractivity contribution in [2.45, 2.75) is 27.3 Å². The van der Waals surface area contributed by atoms with E-state index in [2.05, 4.69) is 10.4 Å². The molecule has 0 saturated carbocycles. The van der Waals surface area contributed by atoms with Crippen molar-refractivity contribution >= 4 is 28.9 Å². The van der Waals surface area contributed by atoms with E-state index in [1.807, 2.05) is 25.1 Å². The maximum Gasteiger partial charge on any atom is 0.275 e. The van der Waals surface area contributed by atoms with Crippen molar-refractivity contribution in [2.24, 2.45) is 0 Å². The minimum atomic E-state index is -0.542. The summed E-state index contributed by atoms with van der Waals surface area (Å²) in [5.41, 5.74) is 2.34. The topological polar surface area (TPSA) is 99.3 Å². The van der Waals surface area contributed by atoms with Crippen molar-refractivity contribution in [1.29, 1.82) is 0 Å². The Morgan fingerprint density at radius 1 is 1.21 bits per heavy atom. The first kappa shape index (κ1) is 20.3. The fourth-order valence-corrected chi connectivity index (χ4v) is 2.94. The Kier molecular flexibility index (Phi) is 5.84. The second-order valence-electron chi connectivity index (χ2n) is 6.58. The second kappa shape index (κ2) is 8.32. The lowest BCUT2D eigenvalue weighted by molar-refractivity contribution is -0.384. The lowest BCUT2D eigenvalue weighted by Gasteiger charge is -2.10. The number of ether oxygens (including phenoxy) is 1. The molecule has 1 N–H and O–H groups in total. The van der Waals surface area contributed by atoms with Crippen molar-refractivity contribution in [3.63, 3.8) is 0 Å². The number of aryl methyl sites for hydroxylation is 2. The number of amides is 1. The molecule has 0 spiro atoms. The molecule has 1 amide bonds. The van der Waals surface area contributed by atoms with E-state index < -0.39 is 10.8 Å². The molecule has 0 aliphatic carbocycles. The number of aromatic nitrogens is 2. The van der Waals surface area contributed by atoms with E-state index in [1.54, 1.807) is 19.9 Å². The van der Waals surface area contributed by atoms with Gasteiger partial charge in [-0.25, -0.2) is 0 Å². The van der Waals surface area contributed by atoms with Gasteiger partial charge in [0.25, 0.3) is 5.69 Å². The van der Waals surface area contributed by atoms with Crippen LogP contribution in [0.1, 0.15) is 17.0 Å². The fraction of sp³-hybridized carbons (Fsp3) is 0.200.